The first-order valence-electron chi connectivity index (χ1n) is 5.42. The van der Waals surface area contributed by atoms with Crippen LogP contribution in [0.4, 0.5) is 0 Å². The normalized spacial score (nSPS) is 10.9. The van der Waals surface area contributed by atoms with Crippen LogP contribution in [0.15, 0.2) is 18.5 Å². The van der Waals surface area contributed by atoms with Crippen LogP contribution in [0, 0.1) is 6.92 Å². The van der Waals surface area contributed by atoms with Crippen molar-refractivity contribution in [3.8, 4) is 0 Å². The lowest BCUT2D eigenvalue weighted by Crippen LogP contribution is -2.21. The highest BCUT2D eigenvalue weighted by Crippen LogP contribution is 2.03. The summed E-state index contributed by atoms with van der Waals surface area (Å²) in [4.78, 5) is 4.06. The molecule has 0 bridgehead atoms. The van der Waals surface area contributed by atoms with Gasteiger partial charge in [0.25, 0.3) is 0 Å². The van der Waals surface area contributed by atoms with Crippen LogP contribution in [-0.4, -0.2) is 24.2 Å². The van der Waals surface area contributed by atoms with Crippen molar-refractivity contribution < 1.29 is 4.74 Å². The second kappa shape index (κ2) is 6.53. The molecule has 84 valence electrons. The number of nitrogens with zero attached hydrogens (tertiary/aromatic N) is 1. The first-order valence-corrected chi connectivity index (χ1v) is 5.42. The van der Waals surface area contributed by atoms with E-state index in [1.165, 1.54) is 11.1 Å². The summed E-state index contributed by atoms with van der Waals surface area (Å²) in [6, 6.07) is 2.05. The molecule has 1 heterocycles. The largest absolute Gasteiger partial charge is 0.377 e. The molecule has 0 spiro atoms. The van der Waals surface area contributed by atoms with Gasteiger partial charge in [0.1, 0.15) is 0 Å². The molecule has 0 aliphatic rings. The van der Waals surface area contributed by atoms with Gasteiger partial charge in [-0.05, 0) is 38.0 Å². The Kier molecular flexibility index (Phi) is 5.29. The summed E-state index contributed by atoms with van der Waals surface area (Å²) in [6.07, 6.45) is 4.03. The minimum absolute atomic E-state index is 0.314. The smallest absolute Gasteiger partial charge is 0.0594 e. The lowest BCUT2D eigenvalue weighted by atomic mass is 10.1. The van der Waals surface area contributed by atoms with Crippen LogP contribution in [-0.2, 0) is 11.3 Å². The van der Waals surface area contributed by atoms with Gasteiger partial charge in [-0.1, -0.05) is 0 Å². The van der Waals surface area contributed by atoms with Gasteiger partial charge in [-0.25, -0.2) is 0 Å². The van der Waals surface area contributed by atoms with E-state index in [0.29, 0.717) is 6.10 Å². The minimum Gasteiger partial charge on any atom is -0.377 e. The molecule has 0 fully saturated rings. The molecule has 1 rings (SSSR count). The second-order valence-electron chi connectivity index (χ2n) is 3.90. The van der Waals surface area contributed by atoms with Crippen LogP contribution in [0.1, 0.15) is 25.0 Å². The maximum absolute atomic E-state index is 5.44. The maximum Gasteiger partial charge on any atom is 0.0594 e. The highest BCUT2D eigenvalue weighted by molar-refractivity contribution is 5.20. The molecule has 15 heavy (non-hydrogen) atoms. The summed E-state index contributed by atoms with van der Waals surface area (Å²) in [7, 11) is 0. The van der Waals surface area contributed by atoms with Gasteiger partial charge in [-0.2, -0.15) is 0 Å². The number of aromatic nitrogens is 1. The SMILES string of the molecule is Cc1cnccc1CNCCOC(C)C. The molecular weight excluding hydrogens is 188 g/mol. The highest BCUT2D eigenvalue weighted by Gasteiger charge is 1.97. The molecule has 3 nitrogen and oxygen atoms in total. The minimum atomic E-state index is 0.314. The summed E-state index contributed by atoms with van der Waals surface area (Å²) < 4.78 is 5.44. The van der Waals surface area contributed by atoms with Gasteiger partial charge in [-0.15, -0.1) is 0 Å². The second-order valence-corrected chi connectivity index (χ2v) is 3.90. The number of hydrogen-bond acceptors (Lipinski definition) is 3. The van der Waals surface area contributed by atoms with Crippen molar-refractivity contribution in [2.75, 3.05) is 13.2 Å². The van der Waals surface area contributed by atoms with E-state index in [1.807, 2.05) is 32.3 Å². The average molecular weight is 208 g/mol. The Morgan fingerprint density at radius 3 is 2.93 bits per heavy atom. The van der Waals surface area contributed by atoms with Gasteiger partial charge < -0.3 is 10.1 Å². The Morgan fingerprint density at radius 2 is 2.27 bits per heavy atom. The molecule has 0 aromatic carbocycles. The summed E-state index contributed by atoms with van der Waals surface area (Å²) in [5.41, 5.74) is 2.53. The lowest BCUT2D eigenvalue weighted by Gasteiger charge is -2.09. The first kappa shape index (κ1) is 12.1. The summed E-state index contributed by atoms with van der Waals surface area (Å²) in [6.45, 7) is 8.71. The van der Waals surface area contributed by atoms with E-state index in [-0.39, 0.29) is 0 Å². The van der Waals surface area contributed by atoms with Gasteiger partial charge in [0, 0.05) is 25.5 Å². The molecule has 1 aromatic heterocycles. The molecular formula is C12H20N2O. The summed E-state index contributed by atoms with van der Waals surface area (Å²) >= 11 is 0. The topological polar surface area (TPSA) is 34.2 Å². The Balaban J connectivity index is 2.18. The zero-order valence-electron chi connectivity index (χ0n) is 9.79. The monoisotopic (exact) mass is 208 g/mol. The third kappa shape index (κ3) is 4.91. The zero-order valence-corrected chi connectivity index (χ0v) is 9.79. The highest BCUT2D eigenvalue weighted by atomic mass is 16.5. The molecule has 0 saturated carbocycles. The van der Waals surface area contributed by atoms with Gasteiger partial charge in [0.2, 0.25) is 0 Å². The molecule has 3 heteroatoms. The fourth-order valence-corrected chi connectivity index (χ4v) is 1.29. The van der Waals surface area contributed by atoms with Crippen LogP contribution in [0.2, 0.25) is 0 Å². The number of aryl methyl sites for hydroxylation is 1. The van der Waals surface area contributed by atoms with Crippen LogP contribution >= 0.6 is 0 Å². The molecule has 0 atom stereocenters. The Hall–Kier alpha value is -0.930. The fraction of sp³-hybridized carbons (Fsp3) is 0.583. The number of ether oxygens (including phenoxy) is 1. The fourth-order valence-electron chi connectivity index (χ4n) is 1.29. The van der Waals surface area contributed by atoms with Crippen LogP contribution < -0.4 is 5.32 Å². The first-order chi connectivity index (χ1) is 7.20. The van der Waals surface area contributed by atoms with Crippen molar-refractivity contribution >= 4 is 0 Å². The predicted molar refractivity (Wildman–Crippen MR) is 61.8 cm³/mol. The van der Waals surface area contributed by atoms with E-state index in [0.717, 1.165) is 19.7 Å². The third-order valence-electron chi connectivity index (χ3n) is 2.18. The van der Waals surface area contributed by atoms with E-state index in [4.69, 9.17) is 4.74 Å². The molecule has 0 saturated heterocycles. The molecule has 0 unspecified atom stereocenters. The van der Waals surface area contributed by atoms with Gasteiger partial charge in [0.05, 0.1) is 12.7 Å². The van der Waals surface area contributed by atoms with Crippen molar-refractivity contribution in [2.45, 2.75) is 33.4 Å². The van der Waals surface area contributed by atoms with Crippen molar-refractivity contribution in [3.05, 3.63) is 29.6 Å². The van der Waals surface area contributed by atoms with E-state index in [2.05, 4.69) is 17.2 Å². The van der Waals surface area contributed by atoms with Crippen LogP contribution in [0.25, 0.3) is 0 Å². The maximum atomic E-state index is 5.44. The van der Waals surface area contributed by atoms with E-state index >= 15 is 0 Å². The Morgan fingerprint density at radius 1 is 1.47 bits per heavy atom. The average Bonchev–Trinajstić information content (AvgIpc) is 2.20. The quantitative estimate of drug-likeness (QED) is 0.725. The number of nitrogens with one attached hydrogen (secondary N) is 1. The Bertz CT molecular complexity index is 287. The van der Waals surface area contributed by atoms with Crippen LogP contribution in [0.5, 0.6) is 0 Å². The van der Waals surface area contributed by atoms with Crippen molar-refractivity contribution in [3.63, 3.8) is 0 Å². The lowest BCUT2D eigenvalue weighted by molar-refractivity contribution is 0.0807. The summed E-state index contributed by atoms with van der Waals surface area (Å²) in [5.74, 6) is 0. The third-order valence-corrected chi connectivity index (χ3v) is 2.18. The molecule has 1 N–H and O–H groups in total. The van der Waals surface area contributed by atoms with Crippen LogP contribution in [0.3, 0.4) is 0 Å². The molecule has 0 amide bonds. The van der Waals surface area contributed by atoms with E-state index < -0.39 is 0 Å². The van der Waals surface area contributed by atoms with Crippen molar-refractivity contribution in [2.24, 2.45) is 0 Å². The van der Waals surface area contributed by atoms with Crippen molar-refractivity contribution in [1.82, 2.24) is 10.3 Å². The standard InChI is InChI=1S/C12H20N2O/c1-10(2)15-7-6-14-9-12-4-5-13-8-11(12)3/h4-5,8,10,14H,6-7,9H2,1-3H3. The van der Waals surface area contributed by atoms with Gasteiger partial charge >= 0.3 is 0 Å². The number of rotatable bonds is 6. The molecule has 0 radical (unpaired) electrons. The number of hydrogen-bond donors (Lipinski definition) is 1. The Labute approximate surface area is 91.9 Å². The number of pyridine rings is 1. The summed E-state index contributed by atoms with van der Waals surface area (Å²) in [5, 5.41) is 3.35. The van der Waals surface area contributed by atoms with E-state index in [1.54, 1.807) is 0 Å². The predicted octanol–water partition coefficient (Wildman–Crippen LogP) is 1.90. The zero-order chi connectivity index (χ0) is 11.1. The molecule has 0 aliphatic heterocycles. The van der Waals surface area contributed by atoms with Gasteiger partial charge in [-0.3, -0.25) is 4.98 Å². The van der Waals surface area contributed by atoms with Crippen molar-refractivity contribution in [1.29, 1.82) is 0 Å². The van der Waals surface area contributed by atoms with E-state index in [9.17, 15) is 0 Å². The molecule has 0 aliphatic carbocycles. The van der Waals surface area contributed by atoms with Gasteiger partial charge in [0.15, 0.2) is 0 Å². The molecule has 1 aromatic rings.